The van der Waals surface area contributed by atoms with Crippen LogP contribution in [0.1, 0.15) is 20.3 Å². The minimum Gasteiger partial charge on any atom is -0.379 e. The van der Waals surface area contributed by atoms with Crippen LogP contribution in [0.15, 0.2) is 23.1 Å². The van der Waals surface area contributed by atoms with Crippen molar-refractivity contribution in [1.29, 1.82) is 0 Å². The second-order valence-corrected chi connectivity index (χ2v) is 6.92. The molecule has 19 heavy (non-hydrogen) atoms. The molecule has 0 spiro atoms. The molecule has 1 aromatic rings. The molecule has 1 rings (SSSR count). The van der Waals surface area contributed by atoms with E-state index in [1.165, 1.54) is 18.2 Å². The number of halogens is 2. The van der Waals surface area contributed by atoms with E-state index in [4.69, 9.17) is 27.9 Å². The molecule has 108 valence electrons. The van der Waals surface area contributed by atoms with Gasteiger partial charge in [0.15, 0.2) is 0 Å². The molecule has 1 N–H and O–H groups in total. The van der Waals surface area contributed by atoms with Crippen molar-refractivity contribution in [1.82, 2.24) is 4.72 Å². The van der Waals surface area contributed by atoms with E-state index in [9.17, 15) is 8.42 Å². The molecule has 0 saturated carbocycles. The van der Waals surface area contributed by atoms with Crippen molar-refractivity contribution in [3.8, 4) is 0 Å². The molecule has 4 nitrogen and oxygen atoms in total. The summed E-state index contributed by atoms with van der Waals surface area (Å²) in [5.74, 6) is 0. The van der Waals surface area contributed by atoms with Gasteiger partial charge in [-0.15, -0.1) is 0 Å². The number of sulfonamides is 1. The molecule has 0 fully saturated rings. The smallest absolute Gasteiger partial charge is 0.240 e. The van der Waals surface area contributed by atoms with Gasteiger partial charge in [0.1, 0.15) is 0 Å². The van der Waals surface area contributed by atoms with Crippen LogP contribution in [-0.4, -0.2) is 27.7 Å². The van der Waals surface area contributed by atoms with Crippen molar-refractivity contribution in [2.45, 2.75) is 31.3 Å². The van der Waals surface area contributed by atoms with Crippen LogP contribution in [0.5, 0.6) is 0 Å². The zero-order valence-electron chi connectivity index (χ0n) is 10.8. The maximum absolute atomic E-state index is 12.0. The lowest BCUT2D eigenvalue weighted by molar-refractivity contribution is 0.0778. The average Bonchev–Trinajstić information content (AvgIpc) is 2.26. The summed E-state index contributed by atoms with van der Waals surface area (Å²) < 4.78 is 31.7. The number of hydrogen-bond acceptors (Lipinski definition) is 3. The van der Waals surface area contributed by atoms with Crippen LogP contribution in [0.25, 0.3) is 0 Å². The Kier molecular flexibility index (Phi) is 6.56. The van der Waals surface area contributed by atoms with Crippen LogP contribution in [0.3, 0.4) is 0 Å². The number of ether oxygens (including phenoxy) is 1. The zero-order chi connectivity index (χ0) is 14.5. The van der Waals surface area contributed by atoms with E-state index in [0.717, 1.165) is 0 Å². The van der Waals surface area contributed by atoms with Gasteiger partial charge in [-0.2, -0.15) is 0 Å². The van der Waals surface area contributed by atoms with Gasteiger partial charge in [-0.05, 0) is 38.5 Å². The topological polar surface area (TPSA) is 55.4 Å². The van der Waals surface area contributed by atoms with Crippen LogP contribution in [0, 0.1) is 0 Å². The SMILES string of the molecule is CC(C)OCCCNS(=O)(=O)c1cc(Cl)cc(Cl)c1. The highest BCUT2D eigenvalue weighted by atomic mass is 35.5. The third kappa shape index (κ3) is 6.10. The summed E-state index contributed by atoms with van der Waals surface area (Å²) in [7, 11) is -3.58. The third-order valence-corrected chi connectivity index (χ3v) is 4.09. The van der Waals surface area contributed by atoms with Crippen molar-refractivity contribution in [2.75, 3.05) is 13.2 Å². The van der Waals surface area contributed by atoms with E-state index >= 15 is 0 Å². The fraction of sp³-hybridized carbons (Fsp3) is 0.500. The predicted octanol–water partition coefficient (Wildman–Crippen LogP) is 3.09. The fourth-order valence-corrected chi connectivity index (χ4v) is 3.16. The molecule has 0 saturated heterocycles. The predicted molar refractivity (Wildman–Crippen MR) is 77.4 cm³/mol. The number of nitrogens with one attached hydrogen (secondary N) is 1. The maximum atomic E-state index is 12.0. The van der Waals surface area contributed by atoms with Gasteiger partial charge in [0.25, 0.3) is 0 Å². The summed E-state index contributed by atoms with van der Waals surface area (Å²) in [4.78, 5) is 0.0646. The van der Waals surface area contributed by atoms with Crippen LogP contribution in [0.4, 0.5) is 0 Å². The van der Waals surface area contributed by atoms with E-state index in [1.807, 2.05) is 13.8 Å². The molecule has 0 bridgehead atoms. The minimum absolute atomic E-state index is 0.0646. The first-order valence-electron chi connectivity index (χ1n) is 5.88. The molecule has 0 aliphatic carbocycles. The highest BCUT2D eigenvalue weighted by Crippen LogP contribution is 2.22. The van der Waals surface area contributed by atoms with E-state index in [0.29, 0.717) is 19.6 Å². The molecular weight excluding hydrogens is 309 g/mol. The van der Waals surface area contributed by atoms with Gasteiger partial charge in [0.05, 0.1) is 11.0 Å². The Morgan fingerprint density at radius 2 is 1.79 bits per heavy atom. The molecule has 0 atom stereocenters. The first kappa shape index (κ1) is 16.7. The molecule has 0 heterocycles. The number of rotatable bonds is 7. The monoisotopic (exact) mass is 325 g/mol. The maximum Gasteiger partial charge on any atom is 0.240 e. The van der Waals surface area contributed by atoms with Crippen LogP contribution in [-0.2, 0) is 14.8 Å². The van der Waals surface area contributed by atoms with Crippen molar-refractivity contribution in [3.05, 3.63) is 28.2 Å². The number of benzene rings is 1. The largest absolute Gasteiger partial charge is 0.379 e. The first-order chi connectivity index (χ1) is 8.81. The van der Waals surface area contributed by atoms with Gasteiger partial charge in [0, 0.05) is 23.2 Å². The lowest BCUT2D eigenvalue weighted by Gasteiger charge is -2.09. The molecule has 0 unspecified atom stereocenters. The van der Waals surface area contributed by atoms with Gasteiger partial charge in [-0.3, -0.25) is 0 Å². The minimum atomic E-state index is -3.58. The molecule has 0 aliphatic heterocycles. The Bertz CT molecular complexity index is 497. The Morgan fingerprint density at radius 3 is 2.32 bits per heavy atom. The van der Waals surface area contributed by atoms with E-state index in [2.05, 4.69) is 4.72 Å². The summed E-state index contributed by atoms with van der Waals surface area (Å²) in [6.07, 6.45) is 0.745. The lowest BCUT2D eigenvalue weighted by Crippen LogP contribution is -2.25. The highest BCUT2D eigenvalue weighted by molar-refractivity contribution is 7.89. The van der Waals surface area contributed by atoms with E-state index in [-0.39, 0.29) is 21.0 Å². The highest BCUT2D eigenvalue weighted by Gasteiger charge is 2.14. The van der Waals surface area contributed by atoms with Gasteiger partial charge >= 0.3 is 0 Å². The van der Waals surface area contributed by atoms with Gasteiger partial charge in [-0.1, -0.05) is 23.2 Å². The Balaban J connectivity index is 2.56. The molecule has 7 heteroatoms. The summed E-state index contributed by atoms with van der Waals surface area (Å²) in [6.45, 7) is 4.67. The second kappa shape index (κ2) is 7.45. The lowest BCUT2D eigenvalue weighted by atomic mass is 10.4. The van der Waals surface area contributed by atoms with Crippen molar-refractivity contribution in [3.63, 3.8) is 0 Å². The van der Waals surface area contributed by atoms with Crippen molar-refractivity contribution >= 4 is 33.2 Å². The molecule has 0 aromatic heterocycles. The van der Waals surface area contributed by atoms with Crippen LogP contribution >= 0.6 is 23.2 Å². The van der Waals surface area contributed by atoms with Crippen LogP contribution < -0.4 is 4.72 Å². The second-order valence-electron chi connectivity index (χ2n) is 4.28. The molecule has 0 amide bonds. The van der Waals surface area contributed by atoms with Crippen molar-refractivity contribution in [2.24, 2.45) is 0 Å². The zero-order valence-corrected chi connectivity index (χ0v) is 13.1. The van der Waals surface area contributed by atoms with Crippen molar-refractivity contribution < 1.29 is 13.2 Å². The average molecular weight is 326 g/mol. The Morgan fingerprint density at radius 1 is 1.21 bits per heavy atom. The standard InChI is InChI=1S/C12H17Cl2NO3S/c1-9(2)18-5-3-4-15-19(16,17)12-7-10(13)6-11(14)8-12/h6-9,15H,3-5H2,1-2H3. The number of hydrogen-bond donors (Lipinski definition) is 1. The molecule has 1 aromatic carbocycles. The third-order valence-electron chi connectivity index (χ3n) is 2.21. The van der Waals surface area contributed by atoms with Gasteiger partial charge in [0.2, 0.25) is 10.0 Å². The Hall–Kier alpha value is -0.330. The Labute approximate surface area is 124 Å². The van der Waals surface area contributed by atoms with E-state index in [1.54, 1.807) is 0 Å². The summed E-state index contributed by atoms with van der Waals surface area (Å²) >= 11 is 11.6. The molecular formula is C12H17Cl2NO3S. The van der Waals surface area contributed by atoms with Gasteiger partial charge < -0.3 is 4.74 Å². The fourth-order valence-electron chi connectivity index (χ4n) is 1.36. The first-order valence-corrected chi connectivity index (χ1v) is 8.12. The molecule has 0 aliphatic rings. The normalized spacial score (nSPS) is 12.1. The van der Waals surface area contributed by atoms with Crippen LogP contribution in [0.2, 0.25) is 10.0 Å². The quantitative estimate of drug-likeness (QED) is 0.784. The molecule has 0 radical (unpaired) electrons. The summed E-state index contributed by atoms with van der Waals surface area (Å²) in [5.41, 5.74) is 0. The van der Waals surface area contributed by atoms with E-state index < -0.39 is 10.0 Å². The summed E-state index contributed by atoms with van der Waals surface area (Å²) in [6, 6.07) is 4.21. The summed E-state index contributed by atoms with van der Waals surface area (Å²) in [5, 5.41) is 0.576. The van der Waals surface area contributed by atoms with Gasteiger partial charge in [-0.25, -0.2) is 13.1 Å².